The molecule has 0 aromatic heterocycles. The number of allylic oxidation sites excluding steroid dienone is 2. The van der Waals surface area contributed by atoms with Gasteiger partial charge in [-0.05, 0) is 51.4 Å². The summed E-state index contributed by atoms with van der Waals surface area (Å²) in [5.41, 5.74) is 0. The van der Waals surface area contributed by atoms with Crippen molar-refractivity contribution >= 4 is 11.9 Å². The summed E-state index contributed by atoms with van der Waals surface area (Å²) >= 11 is 0. The maximum atomic E-state index is 12.5. The van der Waals surface area contributed by atoms with Crippen LogP contribution in [-0.4, -0.2) is 47.4 Å². The highest BCUT2D eigenvalue weighted by Gasteiger charge is 2.20. The van der Waals surface area contributed by atoms with Crippen LogP contribution < -0.4 is 5.32 Å². The third-order valence-corrected chi connectivity index (χ3v) is 15.6. The van der Waals surface area contributed by atoms with Gasteiger partial charge in [0.05, 0.1) is 25.4 Å². The summed E-state index contributed by atoms with van der Waals surface area (Å²) in [6, 6.07) is -0.548. The first kappa shape index (κ1) is 70.6. The lowest BCUT2D eigenvalue weighted by molar-refractivity contribution is -0.143. The predicted molar refractivity (Wildman–Crippen MR) is 315 cm³/mol. The summed E-state index contributed by atoms with van der Waals surface area (Å²) in [7, 11) is 0. The van der Waals surface area contributed by atoms with Crippen LogP contribution in [0, 0.1) is 0 Å². The van der Waals surface area contributed by atoms with Crippen LogP contribution in [-0.2, 0) is 14.3 Å². The molecule has 0 heterocycles. The predicted octanol–water partition coefficient (Wildman–Crippen LogP) is 20.8. The molecule has 0 bridgehead atoms. The molecule has 1 amide bonds. The van der Waals surface area contributed by atoms with E-state index < -0.39 is 12.1 Å². The molecule has 0 saturated heterocycles. The second kappa shape index (κ2) is 62.1. The first-order valence-corrected chi connectivity index (χ1v) is 32.9. The number of nitrogens with one attached hydrogen (secondary N) is 1. The Morgan fingerprint density at radius 3 is 0.986 bits per heavy atom. The third kappa shape index (κ3) is 57.9. The van der Waals surface area contributed by atoms with Gasteiger partial charge in [0.2, 0.25) is 5.91 Å². The fourth-order valence-corrected chi connectivity index (χ4v) is 10.5. The molecule has 0 rings (SSSR count). The first-order chi connectivity index (χ1) is 35.5. The lowest BCUT2D eigenvalue weighted by Gasteiger charge is -2.22. The molecule has 2 atom stereocenters. The number of aliphatic hydroxyl groups is 2. The average molecular weight is 1020 g/mol. The molecule has 0 aliphatic carbocycles. The van der Waals surface area contributed by atoms with Crippen LogP contribution in [0.2, 0.25) is 0 Å². The normalized spacial score (nSPS) is 12.6. The molecule has 428 valence electrons. The van der Waals surface area contributed by atoms with E-state index in [0.29, 0.717) is 25.9 Å². The topological polar surface area (TPSA) is 95.9 Å². The van der Waals surface area contributed by atoms with E-state index in [1.807, 2.05) is 0 Å². The molecule has 0 fully saturated rings. The Hall–Kier alpha value is -1.40. The Morgan fingerprint density at radius 2 is 0.653 bits per heavy atom. The Morgan fingerprint density at radius 1 is 0.375 bits per heavy atom. The number of esters is 1. The summed E-state index contributed by atoms with van der Waals surface area (Å²) in [6.07, 6.45) is 75.1. The van der Waals surface area contributed by atoms with Gasteiger partial charge in [-0.1, -0.05) is 321 Å². The number of carbonyl (C=O) groups is 2. The van der Waals surface area contributed by atoms with E-state index in [4.69, 9.17) is 4.74 Å². The van der Waals surface area contributed by atoms with Crippen molar-refractivity contribution in [3.63, 3.8) is 0 Å². The molecule has 3 N–H and O–H groups in total. The van der Waals surface area contributed by atoms with Gasteiger partial charge in [-0.2, -0.15) is 0 Å². The molecule has 0 aliphatic heterocycles. The highest BCUT2D eigenvalue weighted by Crippen LogP contribution is 2.18. The minimum Gasteiger partial charge on any atom is -0.466 e. The third-order valence-electron chi connectivity index (χ3n) is 15.6. The van der Waals surface area contributed by atoms with Gasteiger partial charge >= 0.3 is 5.97 Å². The first-order valence-electron chi connectivity index (χ1n) is 32.9. The maximum Gasteiger partial charge on any atom is 0.305 e. The smallest absolute Gasteiger partial charge is 0.305 e. The van der Waals surface area contributed by atoms with Gasteiger partial charge in [0.15, 0.2) is 0 Å². The van der Waals surface area contributed by atoms with Gasteiger partial charge < -0.3 is 20.3 Å². The minimum absolute atomic E-state index is 0.00941. The van der Waals surface area contributed by atoms with Crippen LogP contribution in [0.1, 0.15) is 373 Å². The van der Waals surface area contributed by atoms with E-state index in [9.17, 15) is 19.8 Å². The molecule has 0 aromatic carbocycles. The van der Waals surface area contributed by atoms with Gasteiger partial charge in [0.25, 0.3) is 0 Å². The van der Waals surface area contributed by atoms with Crippen molar-refractivity contribution in [2.75, 3.05) is 13.2 Å². The minimum atomic E-state index is -0.670. The second-order valence-corrected chi connectivity index (χ2v) is 22.8. The molecule has 72 heavy (non-hydrogen) atoms. The van der Waals surface area contributed by atoms with Crippen molar-refractivity contribution in [3.8, 4) is 0 Å². The number of hydrogen-bond donors (Lipinski definition) is 3. The fourth-order valence-electron chi connectivity index (χ4n) is 10.5. The monoisotopic (exact) mass is 1020 g/mol. The number of unbranched alkanes of at least 4 members (excludes halogenated alkanes) is 49. The lowest BCUT2D eigenvalue weighted by atomic mass is 10.0. The van der Waals surface area contributed by atoms with E-state index in [1.54, 1.807) is 0 Å². The van der Waals surface area contributed by atoms with Gasteiger partial charge in [-0.15, -0.1) is 0 Å². The van der Waals surface area contributed by atoms with Crippen LogP contribution >= 0.6 is 0 Å². The fraction of sp³-hybridized carbons (Fsp3) is 0.939. The van der Waals surface area contributed by atoms with Gasteiger partial charge in [-0.25, -0.2) is 0 Å². The van der Waals surface area contributed by atoms with Crippen molar-refractivity contribution in [3.05, 3.63) is 12.2 Å². The van der Waals surface area contributed by atoms with Crippen LogP contribution in [0.4, 0.5) is 0 Å². The van der Waals surface area contributed by atoms with E-state index >= 15 is 0 Å². The zero-order chi connectivity index (χ0) is 52.2. The van der Waals surface area contributed by atoms with Crippen LogP contribution in [0.15, 0.2) is 12.2 Å². The largest absolute Gasteiger partial charge is 0.466 e. The molecule has 0 spiro atoms. The molecule has 0 radical (unpaired) electrons. The summed E-state index contributed by atoms with van der Waals surface area (Å²) < 4.78 is 5.50. The zero-order valence-corrected chi connectivity index (χ0v) is 48.9. The summed E-state index contributed by atoms with van der Waals surface area (Å²) in [6.45, 7) is 4.98. The number of ether oxygens (including phenoxy) is 1. The number of hydrogen-bond acceptors (Lipinski definition) is 5. The van der Waals surface area contributed by atoms with E-state index in [1.165, 1.54) is 302 Å². The molecular weight excluding hydrogens is 887 g/mol. The van der Waals surface area contributed by atoms with Crippen molar-refractivity contribution in [2.45, 2.75) is 386 Å². The average Bonchev–Trinajstić information content (AvgIpc) is 3.38. The highest BCUT2D eigenvalue weighted by molar-refractivity contribution is 5.76. The summed E-state index contributed by atoms with van der Waals surface area (Å²) in [5, 5.41) is 23.3. The van der Waals surface area contributed by atoms with Crippen molar-refractivity contribution in [1.29, 1.82) is 0 Å². The van der Waals surface area contributed by atoms with Crippen molar-refractivity contribution in [1.82, 2.24) is 5.32 Å². The Balaban J connectivity index is 3.41. The van der Waals surface area contributed by atoms with E-state index in [-0.39, 0.29) is 18.5 Å². The van der Waals surface area contributed by atoms with Gasteiger partial charge in [0, 0.05) is 12.8 Å². The maximum absolute atomic E-state index is 12.5. The van der Waals surface area contributed by atoms with E-state index in [0.717, 1.165) is 38.5 Å². The molecule has 2 unspecified atom stereocenters. The standard InChI is InChI=1S/C66H129NO5/c1-3-5-7-9-11-13-15-17-19-21-26-30-34-38-42-46-50-54-58-64(69)63(62-68)67-65(70)59-55-51-47-43-39-35-31-27-24-23-25-29-33-37-41-45-49-53-57-61-72-66(71)60-56-52-48-44-40-36-32-28-22-20-18-16-14-12-10-8-6-4-2/h23-24,63-64,68-69H,3-22,25-62H2,1-2H3,(H,67,70)/b24-23-. The molecule has 0 saturated carbocycles. The summed E-state index contributed by atoms with van der Waals surface area (Å²) in [5.74, 6) is -0.0315. The lowest BCUT2D eigenvalue weighted by Crippen LogP contribution is -2.45. The van der Waals surface area contributed by atoms with E-state index in [2.05, 4.69) is 31.3 Å². The number of carbonyl (C=O) groups excluding carboxylic acids is 2. The zero-order valence-electron chi connectivity index (χ0n) is 48.9. The SMILES string of the molecule is CCCCCCCCCCCCCCCCCCCCC(=O)OCCCCCCCCCC/C=C\CCCCCCCCCC(=O)NC(CO)C(O)CCCCCCCCCCCCCCCCCCCC. The molecule has 0 aliphatic rings. The molecule has 0 aromatic rings. The number of aliphatic hydroxyl groups excluding tert-OH is 2. The Bertz CT molecular complexity index is 1080. The van der Waals surface area contributed by atoms with Gasteiger partial charge in [0.1, 0.15) is 0 Å². The highest BCUT2D eigenvalue weighted by atomic mass is 16.5. The van der Waals surface area contributed by atoms with Gasteiger partial charge in [-0.3, -0.25) is 9.59 Å². The molecular formula is C66H129NO5. The quantitative estimate of drug-likeness (QED) is 0.0320. The summed E-state index contributed by atoms with van der Waals surface area (Å²) in [4.78, 5) is 24.6. The Kier molecular flexibility index (Phi) is 60.9. The van der Waals surface area contributed by atoms with Crippen LogP contribution in [0.3, 0.4) is 0 Å². The number of rotatable bonds is 62. The Labute approximate surface area is 450 Å². The second-order valence-electron chi connectivity index (χ2n) is 22.8. The molecule has 6 heteroatoms. The van der Waals surface area contributed by atoms with Crippen LogP contribution in [0.5, 0.6) is 0 Å². The van der Waals surface area contributed by atoms with Crippen LogP contribution in [0.25, 0.3) is 0 Å². The van der Waals surface area contributed by atoms with Crippen molar-refractivity contribution < 1.29 is 24.5 Å². The number of amides is 1. The molecule has 6 nitrogen and oxygen atoms in total. The van der Waals surface area contributed by atoms with Crippen molar-refractivity contribution in [2.24, 2.45) is 0 Å².